The predicted octanol–water partition coefficient (Wildman–Crippen LogP) is 0.859. The van der Waals surface area contributed by atoms with Crippen molar-refractivity contribution >= 4 is 12.0 Å². The van der Waals surface area contributed by atoms with Crippen LogP contribution in [0.15, 0.2) is 12.3 Å². The SMILES string of the molecule is Cn1nccc1CCNC(=O)N1CCC(CC(=O)O)CC1. The van der Waals surface area contributed by atoms with Gasteiger partial charge in [0.05, 0.1) is 0 Å². The predicted molar refractivity (Wildman–Crippen MR) is 76.9 cm³/mol. The second-order valence-corrected chi connectivity index (χ2v) is 5.46. The average molecular weight is 294 g/mol. The Morgan fingerprint density at radius 2 is 2.14 bits per heavy atom. The number of nitrogens with zero attached hydrogens (tertiary/aromatic N) is 3. The van der Waals surface area contributed by atoms with Crippen molar-refractivity contribution in [3.8, 4) is 0 Å². The summed E-state index contributed by atoms with van der Waals surface area (Å²) in [6.07, 6.45) is 4.22. The van der Waals surface area contributed by atoms with Gasteiger partial charge in [-0.2, -0.15) is 5.10 Å². The summed E-state index contributed by atoms with van der Waals surface area (Å²) < 4.78 is 1.80. The zero-order chi connectivity index (χ0) is 15.2. The standard InChI is InChI=1S/C14H22N4O3/c1-17-12(3-7-16-17)2-6-15-14(21)18-8-4-11(5-9-18)10-13(19)20/h3,7,11H,2,4-6,8-10H2,1H3,(H,15,21)(H,19,20). The highest BCUT2D eigenvalue weighted by Gasteiger charge is 2.23. The van der Waals surface area contributed by atoms with Crippen molar-refractivity contribution in [2.45, 2.75) is 25.7 Å². The van der Waals surface area contributed by atoms with Crippen molar-refractivity contribution in [2.75, 3.05) is 19.6 Å². The molecular formula is C14H22N4O3. The molecule has 1 aliphatic heterocycles. The van der Waals surface area contributed by atoms with Gasteiger partial charge in [-0.15, -0.1) is 0 Å². The van der Waals surface area contributed by atoms with E-state index in [-0.39, 0.29) is 18.4 Å². The maximum Gasteiger partial charge on any atom is 0.317 e. The van der Waals surface area contributed by atoms with Crippen LogP contribution < -0.4 is 5.32 Å². The number of piperidine rings is 1. The Labute approximate surface area is 123 Å². The summed E-state index contributed by atoms with van der Waals surface area (Å²) in [5.74, 6) is -0.560. The average Bonchev–Trinajstić information content (AvgIpc) is 2.84. The number of hydrogen-bond acceptors (Lipinski definition) is 3. The second-order valence-electron chi connectivity index (χ2n) is 5.46. The lowest BCUT2D eigenvalue weighted by atomic mass is 9.94. The van der Waals surface area contributed by atoms with Gasteiger partial charge in [0.15, 0.2) is 0 Å². The number of carbonyl (C=O) groups excluding carboxylic acids is 1. The van der Waals surface area contributed by atoms with E-state index in [9.17, 15) is 9.59 Å². The van der Waals surface area contributed by atoms with E-state index in [0.29, 0.717) is 19.6 Å². The number of carbonyl (C=O) groups is 2. The summed E-state index contributed by atoms with van der Waals surface area (Å²) in [5.41, 5.74) is 1.08. The molecule has 1 aromatic rings. The van der Waals surface area contributed by atoms with Crippen LogP contribution in [0, 0.1) is 5.92 Å². The molecule has 116 valence electrons. The Kier molecular flexibility index (Phi) is 5.19. The Morgan fingerprint density at radius 1 is 1.43 bits per heavy atom. The van der Waals surface area contributed by atoms with E-state index >= 15 is 0 Å². The molecule has 7 nitrogen and oxygen atoms in total. The quantitative estimate of drug-likeness (QED) is 0.843. The highest BCUT2D eigenvalue weighted by Crippen LogP contribution is 2.20. The van der Waals surface area contributed by atoms with Crippen molar-refractivity contribution in [1.82, 2.24) is 20.0 Å². The Morgan fingerprint density at radius 3 is 2.71 bits per heavy atom. The molecule has 0 bridgehead atoms. The molecule has 1 fully saturated rings. The molecule has 0 atom stereocenters. The highest BCUT2D eigenvalue weighted by atomic mass is 16.4. The molecule has 1 aliphatic rings. The molecular weight excluding hydrogens is 272 g/mol. The third kappa shape index (κ3) is 4.47. The number of aromatic nitrogens is 2. The first kappa shape index (κ1) is 15.3. The smallest absolute Gasteiger partial charge is 0.317 e. The lowest BCUT2D eigenvalue weighted by Crippen LogP contribution is -2.45. The third-order valence-electron chi connectivity index (χ3n) is 3.94. The largest absolute Gasteiger partial charge is 0.481 e. The van der Waals surface area contributed by atoms with Crippen LogP contribution in [-0.2, 0) is 18.3 Å². The molecule has 0 spiro atoms. The molecule has 0 aliphatic carbocycles. The van der Waals surface area contributed by atoms with E-state index in [1.165, 1.54) is 0 Å². The third-order valence-corrected chi connectivity index (χ3v) is 3.94. The molecule has 2 rings (SSSR count). The molecule has 21 heavy (non-hydrogen) atoms. The van der Waals surface area contributed by atoms with Crippen LogP contribution in [0.5, 0.6) is 0 Å². The van der Waals surface area contributed by atoms with Gasteiger partial charge in [-0.1, -0.05) is 0 Å². The minimum atomic E-state index is -0.755. The molecule has 1 saturated heterocycles. The number of likely N-dealkylation sites (tertiary alicyclic amines) is 1. The van der Waals surface area contributed by atoms with Crippen molar-refractivity contribution in [2.24, 2.45) is 13.0 Å². The van der Waals surface area contributed by atoms with Gasteiger partial charge in [0.1, 0.15) is 0 Å². The van der Waals surface area contributed by atoms with E-state index in [1.54, 1.807) is 15.8 Å². The number of aryl methyl sites for hydroxylation is 1. The summed E-state index contributed by atoms with van der Waals surface area (Å²) in [7, 11) is 1.88. The van der Waals surface area contributed by atoms with Gasteiger partial charge in [0.25, 0.3) is 0 Å². The fourth-order valence-electron chi connectivity index (χ4n) is 2.64. The molecule has 0 aromatic carbocycles. The van der Waals surface area contributed by atoms with Crippen LogP contribution in [0.3, 0.4) is 0 Å². The van der Waals surface area contributed by atoms with Gasteiger partial charge in [0, 0.05) is 51.4 Å². The first-order valence-electron chi connectivity index (χ1n) is 7.27. The number of nitrogens with one attached hydrogen (secondary N) is 1. The Bertz CT molecular complexity index is 492. The summed E-state index contributed by atoms with van der Waals surface area (Å²) in [5, 5.41) is 15.8. The fraction of sp³-hybridized carbons (Fsp3) is 0.643. The maximum absolute atomic E-state index is 12.0. The minimum Gasteiger partial charge on any atom is -0.481 e. The normalized spacial score (nSPS) is 16.0. The van der Waals surface area contributed by atoms with Crippen molar-refractivity contribution in [3.05, 3.63) is 18.0 Å². The second kappa shape index (κ2) is 7.10. The van der Waals surface area contributed by atoms with E-state index in [4.69, 9.17) is 5.11 Å². The Balaban J connectivity index is 1.68. The lowest BCUT2D eigenvalue weighted by molar-refractivity contribution is -0.138. The van der Waals surface area contributed by atoms with Crippen LogP contribution in [0.1, 0.15) is 25.0 Å². The number of carboxylic acids is 1. The first-order valence-corrected chi connectivity index (χ1v) is 7.27. The number of carboxylic acid groups (broad SMARTS) is 1. The number of hydrogen-bond donors (Lipinski definition) is 2. The summed E-state index contributed by atoms with van der Waals surface area (Å²) >= 11 is 0. The molecule has 0 radical (unpaired) electrons. The van der Waals surface area contributed by atoms with Crippen LogP contribution in [0.2, 0.25) is 0 Å². The van der Waals surface area contributed by atoms with Gasteiger partial charge in [-0.05, 0) is 24.8 Å². The van der Waals surface area contributed by atoms with E-state index in [0.717, 1.165) is 25.0 Å². The fourth-order valence-corrected chi connectivity index (χ4v) is 2.64. The van der Waals surface area contributed by atoms with Crippen LogP contribution in [0.25, 0.3) is 0 Å². The minimum absolute atomic E-state index is 0.0639. The molecule has 2 heterocycles. The topological polar surface area (TPSA) is 87.5 Å². The zero-order valence-corrected chi connectivity index (χ0v) is 12.3. The molecule has 1 aromatic heterocycles. The molecule has 7 heteroatoms. The van der Waals surface area contributed by atoms with Crippen molar-refractivity contribution < 1.29 is 14.7 Å². The van der Waals surface area contributed by atoms with E-state index in [2.05, 4.69) is 10.4 Å². The van der Waals surface area contributed by atoms with Gasteiger partial charge in [0.2, 0.25) is 0 Å². The number of amides is 2. The monoisotopic (exact) mass is 294 g/mol. The highest BCUT2D eigenvalue weighted by molar-refractivity contribution is 5.74. The van der Waals surface area contributed by atoms with Crippen LogP contribution in [0.4, 0.5) is 4.79 Å². The summed E-state index contributed by atoms with van der Waals surface area (Å²) in [6, 6.07) is 1.87. The van der Waals surface area contributed by atoms with E-state index in [1.807, 2.05) is 13.1 Å². The van der Waals surface area contributed by atoms with Crippen molar-refractivity contribution in [3.63, 3.8) is 0 Å². The van der Waals surface area contributed by atoms with Crippen molar-refractivity contribution in [1.29, 1.82) is 0 Å². The Hall–Kier alpha value is -2.05. The number of aliphatic carboxylic acids is 1. The zero-order valence-electron chi connectivity index (χ0n) is 12.3. The van der Waals surface area contributed by atoms with E-state index < -0.39 is 5.97 Å². The molecule has 2 N–H and O–H groups in total. The van der Waals surface area contributed by atoms with Gasteiger partial charge >= 0.3 is 12.0 Å². The molecule has 0 unspecified atom stereocenters. The first-order chi connectivity index (χ1) is 10.1. The van der Waals surface area contributed by atoms with Gasteiger partial charge < -0.3 is 15.3 Å². The maximum atomic E-state index is 12.0. The lowest BCUT2D eigenvalue weighted by Gasteiger charge is -2.31. The summed E-state index contributed by atoms with van der Waals surface area (Å²) in [4.78, 5) is 24.4. The number of urea groups is 1. The molecule has 0 saturated carbocycles. The van der Waals surface area contributed by atoms with Gasteiger partial charge in [-0.3, -0.25) is 9.48 Å². The summed E-state index contributed by atoms with van der Waals surface area (Å²) in [6.45, 7) is 1.85. The van der Waals surface area contributed by atoms with Gasteiger partial charge in [-0.25, -0.2) is 4.79 Å². The van der Waals surface area contributed by atoms with Crippen LogP contribution in [-0.4, -0.2) is 51.4 Å². The number of rotatable bonds is 5. The molecule has 2 amide bonds. The van der Waals surface area contributed by atoms with Crippen LogP contribution >= 0.6 is 0 Å².